The van der Waals surface area contributed by atoms with Crippen molar-refractivity contribution < 1.29 is 4.79 Å². The number of fused-ring (bicyclic) bond motifs is 1. The van der Waals surface area contributed by atoms with Crippen LogP contribution in [0.5, 0.6) is 0 Å². The van der Waals surface area contributed by atoms with Crippen LogP contribution in [0.4, 0.5) is 5.69 Å². The van der Waals surface area contributed by atoms with Gasteiger partial charge in [0.25, 0.3) is 0 Å². The summed E-state index contributed by atoms with van der Waals surface area (Å²) in [4.78, 5) is 13.4. The topological polar surface area (TPSA) is 20.3 Å². The van der Waals surface area contributed by atoms with Gasteiger partial charge in [-0.2, -0.15) is 0 Å². The van der Waals surface area contributed by atoms with Gasteiger partial charge in [0, 0.05) is 23.8 Å². The number of para-hydroxylation sites is 1. The molecule has 0 atom stereocenters. The summed E-state index contributed by atoms with van der Waals surface area (Å²) < 4.78 is 0. The molecule has 0 aromatic heterocycles. The van der Waals surface area contributed by atoms with Crippen LogP contribution in [-0.4, -0.2) is 12.8 Å². The Bertz CT molecular complexity index is 699. The first-order chi connectivity index (χ1) is 10.00. The summed E-state index contributed by atoms with van der Waals surface area (Å²) in [6.07, 6.45) is 11.1. The summed E-state index contributed by atoms with van der Waals surface area (Å²) in [5, 5.41) is 0. The largest absolute Gasteiger partial charge is 0.347 e. The van der Waals surface area contributed by atoms with Crippen LogP contribution in [0.2, 0.25) is 0 Å². The number of benzene rings is 1. The first kappa shape index (κ1) is 13.6. The van der Waals surface area contributed by atoms with Gasteiger partial charge in [-0.3, -0.25) is 4.79 Å². The van der Waals surface area contributed by atoms with E-state index in [1.165, 1.54) is 16.9 Å². The minimum Gasteiger partial charge on any atom is -0.347 e. The van der Waals surface area contributed by atoms with Gasteiger partial charge in [0.2, 0.25) is 0 Å². The Balaban J connectivity index is 1.99. The Morgan fingerprint density at radius 3 is 2.33 bits per heavy atom. The lowest BCUT2D eigenvalue weighted by Crippen LogP contribution is -2.22. The zero-order valence-electron chi connectivity index (χ0n) is 12.6. The van der Waals surface area contributed by atoms with E-state index in [0.717, 1.165) is 5.57 Å². The summed E-state index contributed by atoms with van der Waals surface area (Å²) in [6.45, 7) is 4.49. The van der Waals surface area contributed by atoms with Crippen molar-refractivity contribution in [3.05, 3.63) is 77.6 Å². The molecule has 1 aliphatic heterocycles. The molecule has 1 aliphatic carbocycles. The van der Waals surface area contributed by atoms with Gasteiger partial charge >= 0.3 is 0 Å². The molecule has 2 heteroatoms. The molecule has 0 unspecified atom stereocenters. The SMILES string of the molecule is CN1/C(=C/C=C2C=CC(=O)C=C2)C(C)(C)c2ccccc21. The molecule has 2 nitrogen and oxygen atoms in total. The van der Waals surface area contributed by atoms with Crippen molar-refractivity contribution in [2.75, 3.05) is 11.9 Å². The number of anilines is 1. The predicted molar refractivity (Wildman–Crippen MR) is 87.3 cm³/mol. The van der Waals surface area contributed by atoms with Crippen molar-refractivity contribution in [2.24, 2.45) is 0 Å². The monoisotopic (exact) mass is 277 g/mol. The predicted octanol–water partition coefficient (Wildman–Crippen LogP) is 3.92. The number of hydrogen-bond acceptors (Lipinski definition) is 2. The normalized spacial score (nSPS) is 21.1. The Hall–Kier alpha value is -2.35. The molecule has 21 heavy (non-hydrogen) atoms. The lowest BCUT2D eigenvalue weighted by Gasteiger charge is -2.23. The summed E-state index contributed by atoms with van der Waals surface area (Å²) in [5.74, 6) is 0.0468. The molecular formula is C19H19NO. The maximum absolute atomic E-state index is 11.1. The number of hydrogen-bond donors (Lipinski definition) is 0. The summed E-state index contributed by atoms with van der Waals surface area (Å²) >= 11 is 0. The Morgan fingerprint density at radius 1 is 1.00 bits per heavy atom. The molecule has 106 valence electrons. The highest BCUT2D eigenvalue weighted by Gasteiger charge is 2.37. The minimum absolute atomic E-state index is 0.0136. The fraction of sp³-hybridized carbons (Fsp3) is 0.211. The van der Waals surface area contributed by atoms with E-state index in [-0.39, 0.29) is 11.2 Å². The van der Waals surface area contributed by atoms with E-state index in [1.807, 2.05) is 12.2 Å². The quantitative estimate of drug-likeness (QED) is 0.775. The number of rotatable bonds is 1. The standard InChI is InChI=1S/C19H19NO/c1-19(2)16-6-4-5-7-17(16)20(3)18(19)13-10-14-8-11-15(21)12-9-14/h4-13H,1-3H3/b18-13+. The van der Waals surface area contributed by atoms with Crippen LogP contribution in [0.3, 0.4) is 0 Å². The van der Waals surface area contributed by atoms with Gasteiger partial charge in [-0.15, -0.1) is 0 Å². The van der Waals surface area contributed by atoms with Crippen LogP contribution < -0.4 is 4.90 Å². The van der Waals surface area contributed by atoms with Gasteiger partial charge in [0.05, 0.1) is 0 Å². The highest BCUT2D eigenvalue weighted by atomic mass is 16.1. The molecule has 0 bridgehead atoms. The molecule has 1 heterocycles. The van der Waals surface area contributed by atoms with Gasteiger partial charge in [0.15, 0.2) is 5.78 Å². The first-order valence-corrected chi connectivity index (χ1v) is 7.16. The number of carbonyl (C=O) groups is 1. The lowest BCUT2D eigenvalue weighted by molar-refractivity contribution is -0.110. The van der Waals surface area contributed by atoms with Crippen LogP contribution in [0.1, 0.15) is 19.4 Å². The Labute approximate surface area is 125 Å². The second-order valence-electron chi connectivity index (χ2n) is 5.99. The molecule has 0 amide bonds. The van der Waals surface area contributed by atoms with Crippen molar-refractivity contribution in [3.8, 4) is 0 Å². The van der Waals surface area contributed by atoms with Gasteiger partial charge in [-0.25, -0.2) is 0 Å². The molecule has 0 saturated carbocycles. The molecule has 0 N–H and O–H groups in total. The van der Waals surface area contributed by atoms with Crippen LogP contribution in [0.15, 0.2) is 72.0 Å². The van der Waals surface area contributed by atoms with Crippen LogP contribution >= 0.6 is 0 Å². The second kappa shape index (κ2) is 4.88. The molecule has 3 rings (SSSR count). The van der Waals surface area contributed by atoms with Crippen molar-refractivity contribution in [2.45, 2.75) is 19.3 Å². The lowest BCUT2D eigenvalue weighted by atomic mass is 9.83. The zero-order valence-corrected chi connectivity index (χ0v) is 12.6. The first-order valence-electron chi connectivity index (χ1n) is 7.16. The van der Waals surface area contributed by atoms with Crippen molar-refractivity contribution in [3.63, 3.8) is 0 Å². The van der Waals surface area contributed by atoms with Gasteiger partial charge in [0.1, 0.15) is 0 Å². The molecule has 0 spiro atoms. The smallest absolute Gasteiger partial charge is 0.178 e. The van der Waals surface area contributed by atoms with E-state index in [9.17, 15) is 4.79 Å². The van der Waals surface area contributed by atoms with Gasteiger partial charge < -0.3 is 4.90 Å². The fourth-order valence-corrected chi connectivity index (χ4v) is 3.06. The molecule has 1 aromatic rings. The van der Waals surface area contributed by atoms with Crippen molar-refractivity contribution >= 4 is 11.5 Å². The minimum atomic E-state index is -0.0136. The van der Waals surface area contributed by atoms with E-state index in [1.54, 1.807) is 12.2 Å². The number of likely N-dealkylation sites (N-methyl/N-ethyl adjacent to an activating group) is 1. The second-order valence-corrected chi connectivity index (χ2v) is 5.99. The molecule has 1 aromatic carbocycles. The van der Waals surface area contributed by atoms with Crippen LogP contribution in [-0.2, 0) is 10.2 Å². The summed E-state index contributed by atoms with van der Waals surface area (Å²) in [7, 11) is 2.11. The highest BCUT2D eigenvalue weighted by Crippen LogP contribution is 2.46. The summed E-state index contributed by atoms with van der Waals surface area (Å²) in [5.41, 5.74) is 4.90. The Morgan fingerprint density at radius 2 is 1.67 bits per heavy atom. The molecule has 0 saturated heterocycles. The van der Waals surface area contributed by atoms with Crippen molar-refractivity contribution in [1.29, 1.82) is 0 Å². The number of allylic oxidation sites excluding steroid dienone is 8. The van der Waals surface area contributed by atoms with E-state index in [4.69, 9.17) is 0 Å². The van der Waals surface area contributed by atoms with Crippen LogP contribution in [0.25, 0.3) is 0 Å². The molecule has 0 fully saturated rings. The molecular weight excluding hydrogens is 258 g/mol. The van der Waals surface area contributed by atoms with Gasteiger partial charge in [-0.1, -0.05) is 50.3 Å². The summed E-state index contributed by atoms with van der Waals surface area (Å²) in [6, 6.07) is 8.52. The number of ketones is 1. The fourth-order valence-electron chi connectivity index (χ4n) is 3.06. The maximum atomic E-state index is 11.1. The van der Waals surface area contributed by atoms with Crippen molar-refractivity contribution in [1.82, 2.24) is 0 Å². The van der Waals surface area contributed by atoms with Crippen LogP contribution in [0, 0.1) is 0 Å². The van der Waals surface area contributed by atoms with E-state index in [2.05, 4.69) is 62.2 Å². The third-order valence-corrected chi connectivity index (χ3v) is 4.25. The third kappa shape index (κ3) is 2.27. The number of carbonyl (C=O) groups excluding carboxylic acids is 1. The van der Waals surface area contributed by atoms with E-state index >= 15 is 0 Å². The maximum Gasteiger partial charge on any atom is 0.178 e. The average molecular weight is 277 g/mol. The Kier molecular flexibility index (Phi) is 3.17. The van der Waals surface area contributed by atoms with E-state index in [0.29, 0.717) is 0 Å². The third-order valence-electron chi connectivity index (χ3n) is 4.25. The highest BCUT2D eigenvalue weighted by molar-refractivity contribution is 6.01. The zero-order chi connectivity index (χ0) is 15.0. The number of nitrogens with zero attached hydrogens (tertiary/aromatic N) is 1. The van der Waals surface area contributed by atoms with Gasteiger partial charge in [-0.05, 0) is 35.4 Å². The van der Waals surface area contributed by atoms with E-state index < -0.39 is 0 Å². The molecule has 0 radical (unpaired) electrons. The average Bonchev–Trinajstić information content (AvgIpc) is 2.67. The molecule has 2 aliphatic rings.